The molecule has 0 atom stereocenters. The maximum Gasteiger partial charge on any atom is 0.411 e. The second-order valence-corrected chi connectivity index (χ2v) is 33.0. The van der Waals surface area contributed by atoms with E-state index in [0.29, 0.717) is 91.9 Å². The van der Waals surface area contributed by atoms with Crippen molar-refractivity contribution in [1.82, 2.24) is 73.5 Å². The topological polar surface area (TPSA) is 296 Å². The Labute approximate surface area is 723 Å². The van der Waals surface area contributed by atoms with Crippen LogP contribution in [-0.2, 0) is 14.3 Å². The van der Waals surface area contributed by atoms with Gasteiger partial charge in [0.15, 0.2) is 68.6 Å². The number of fused-ring (bicyclic) bond motifs is 4. The Hall–Kier alpha value is -13.3. The Kier molecular flexibility index (Phi) is 26.5. The van der Waals surface area contributed by atoms with Gasteiger partial charge in [-0.1, -0.05) is 12.2 Å². The first kappa shape index (κ1) is 88.5. The zero-order chi connectivity index (χ0) is 88.9. The van der Waals surface area contributed by atoms with Crippen LogP contribution >= 0.6 is 0 Å². The smallest absolute Gasteiger partial charge is 0.411 e. The standard InChI is InChI=1S/C25H33N5O4.C24H31N5O4.C23H29N5O3.C20H22N4O2/c1-16-14-19(28-10-12-29(13-11-28)24(31)34-25(3,4)5)23-26-17(2)22(30(23)27-16)18-8-9-20(32-6)21(15-18)33-7;1-15-12-18(27-10-11-28(14-27)23(30)33-24(3,4)5)22-25-16(2)21(29(22)26-15)17-8-9-19(31-6)20(13-17)32-7;1-14-12-19(27-10-8-18(9-11-27)25-16(3)29)23-24-15(2)22(28(23)26-14)17-6-7-20(30-4)21(13-17)31-5;1-13-11-16(23-9-5-6-10-23)20-21-14(2)19(24(20)22-13)15-7-8-17(25-3)18(12-15)26-4/h8-9,14-15H,10-13H2,1-7H3;8-9,12-13H,10-11,14H2,1-7H3;6-7,12-13,18H,8-11H2,1-5H3,(H,25,29);5-8,11-12H,9-10H2,1-4H3. The van der Waals surface area contributed by atoms with Crippen LogP contribution in [0.15, 0.2) is 109 Å². The number of piperazine rings is 1. The summed E-state index contributed by atoms with van der Waals surface area (Å²) in [5.41, 5.74) is 21.1. The van der Waals surface area contributed by atoms with Gasteiger partial charge in [0, 0.05) is 101 Å². The van der Waals surface area contributed by atoms with Gasteiger partial charge in [0.2, 0.25) is 5.91 Å². The van der Waals surface area contributed by atoms with Crippen molar-refractivity contribution in [3.63, 3.8) is 0 Å². The minimum atomic E-state index is -0.528. The van der Waals surface area contributed by atoms with Gasteiger partial charge >= 0.3 is 12.2 Å². The number of aryl methyl sites for hydroxylation is 8. The Balaban J connectivity index is 0.000000143. The molecule has 12 heterocycles. The highest BCUT2D eigenvalue weighted by atomic mass is 16.6. The number of imidazole rings is 4. The first-order chi connectivity index (χ1) is 59.2. The molecule has 0 saturated carbocycles. The zero-order valence-electron chi connectivity index (χ0n) is 75.5. The molecule has 12 aromatic rings. The van der Waals surface area contributed by atoms with E-state index in [1.54, 1.807) is 73.6 Å². The molecule has 32 nitrogen and oxygen atoms in total. The number of carbonyl (C=O) groups excluding carboxylic acids is 3. The highest BCUT2D eigenvalue weighted by molar-refractivity contribution is 5.82. The molecule has 4 aromatic carbocycles. The van der Waals surface area contributed by atoms with Crippen LogP contribution in [0.2, 0.25) is 0 Å². The largest absolute Gasteiger partial charge is 0.493 e. The van der Waals surface area contributed by atoms with Crippen LogP contribution in [0.1, 0.15) is 107 Å². The third-order valence-corrected chi connectivity index (χ3v) is 21.7. The monoisotopic (exact) mass is 1690 g/mol. The molecule has 4 aliphatic rings. The van der Waals surface area contributed by atoms with Crippen molar-refractivity contribution in [1.29, 1.82) is 0 Å². The van der Waals surface area contributed by atoms with E-state index >= 15 is 0 Å². The van der Waals surface area contributed by atoms with Gasteiger partial charge in [-0.05, 0) is 207 Å². The summed E-state index contributed by atoms with van der Waals surface area (Å²) < 4.78 is 62.2. The molecule has 656 valence electrons. The summed E-state index contributed by atoms with van der Waals surface area (Å²) in [4.78, 5) is 68.4. The van der Waals surface area contributed by atoms with Crippen molar-refractivity contribution >= 4 is 63.4 Å². The van der Waals surface area contributed by atoms with E-state index in [-0.39, 0.29) is 24.1 Å². The predicted octanol–water partition coefficient (Wildman–Crippen LogP) is 14.7. The van der Waals surface area contributed by atoms with Crippen molar-refractivity contribution in [3.05, 3.63) is 155 Å². The highest BCUT2D eigenvalue weighted by Crippen LogP contribution is 2.42. The summed E-state index contributed by atoms with van der Waals surface area (Å²) in [7, 11) is 13.0. The number of methoxy groups -OCH3 is 8. The van der Waals surface area contributed by atoms with E-state index in [2.05, 4.69) is 55.3 Å². The van der Waals surface area contributed by atoms with Crippen LogP contribution in [0, 0.1) is 55.4 Å². The molecule has 3 amide bonds. The van der Waals surface area contributed by atoms with Crippen molar-refractivity contribution in [2.45, 2.75) is 134 Å². The number of benzene rings is 4. The van der Waals surface area contributed by atoms with E-state index in [9.17, 15) is 14.4 Å². The van der Waals surface area contributed by atoms with Crippen LogP contribution < -0.4 is 62.8 Å². The molecule has 0 unspecified atom stereocenters. The molecule has 16 rings (SSSR count). The number of anilines is 4. The van der Waals surface area contributed by atoms with Crippen molar-refractivity contribution < 1.29 is 61.8 Å². The lowest BCUT2D eigenvalue weighted by atomic mass is 10.0. The van der Waals surface area contributed by atoms with Crippen molar-refractivity contribution in [3.8, 4) is 91.0 Å². The average Bonchev–Trinajstić information content (AvgIpc) is 1.62. The summed E-state index contributed by atoms with van der Waals surface area (Å²) in [5, 5.41) is 22.1. The number of aromatic nitrogens is 12. The van der Waals surface area contributed by atoms with Gasteiger partial charge in [0.1, 0.15) is 11.2 Å². The number of rotatable bonds is 17. The Morgan fingerprint density at radius 3 is 0.919 bits per heavy atom. The predicted molar refractivity (Wildman–Crippen MR) is 480 cm³/mol. The molecule has 0 bridgehead atoms. The fraction of sp³-hybridized carbons (Fsp3) is 0.424. The molecule has 0 aliphatic carbocycles. The zero-order valence-corrected chi connectivity index (χ0v) is 75.5. The molecule has 3 fully saturated rings. The summed E-state index contributed by atoms with van der Waals surface area (Å²) in [6.07, 6.45) is 5.60. The maximum atomic E-state index is 12.5. The van der Waals surface area contributed by atoms with Gasteiger partial charge in [-0.15, -0.1) is 0 Å². The second-order valence-electron chi connectivity index (χ2n) is 33.0. The van der Waals surface area contributed by atoms with Crippen LogP contribution in [0.3, 0.4) is 0 Å². The summed E-state index contributed by atoms with van der Waals surface area (Å²) in [5.74, 6) is 5.41. The van der Waals surface area contributed by atoms with Crippen LogP contribution in [0.5, 0.6) is 46.0 Å². The lowest BCUT2D eigenvalue weighted by Gasteiger charge is -2.36. The number of hydrogen-bond donors (Lipinski definition) is 1. The normalized spacial score (nSPS) is 14.2. The van der Waals surface area contributed by atoms with E-state index in [1.165, 1.54) is 0 Å². The Bertz CT molecular complexity index is 5950. The van der Waals surface area contributed by atoms with Crippen LogP contribution in [0.4, 0.5) is 32.3 Å². The quantitative estimate of drug-likeness (QED) is 0.0828. The number of nitrogens with zero attached hydrogens (tertiary/aromatic N) is 18. The number of nitrogens with one attached hydrogen (secondary N) is 1. The van der Waals surface area contributed by atoms with E-state index < -0.39 is 11.2 Å². The first-order valence-corrected chi connectivity index (χ1v) is 41.5. The van der Waals surface area contributed by atoms with Crippen LogP contribution in [-0.4, -0.2) is 233 Å². The number of carbonyl (C=O) groups is 3. The van der Waals surface area contributed by atoms with E-state index in [4.69, 9.17) is 87.7 Å². The van der Waals surface area contributed by atoms with Gasteiger partial charge < -0.3 is 77.2 Å². The minimum Gasteiger partial charge on any atom is -0.493 e. The average molecular weight is 1700 g/mol. The minimum absolute atomic E-state index is 0.0315. The van der Waals surface area contributed by atoms with Gasteiger partial charge in [-0.25, -0.2) is 47.6 Å². The molecule has 3 saturated heterocycles. The van der Waals surface area contributed by atoms with Crippen molar-refractivity contribution in [2.24, 2.45) is 0 Å². The fourth-order valence-electron chi connectivity index (χ4n) is 16.1. The van der Waals surface area contributed by atoms with E-state index in [1.807, 2.05) is 194 Å². The third kappa shape index (κ3) is 19.1. The first-order valence-electron chi connectivity index (χ1n) is 41.5. The summed E-state index contributed by atoms with van der Waals surface area (Å²) in [6, 6.07) is 31.9. The van der Waals surface area contributed by atoms with Gasteiger partial charge in [-0.2, -0.15) is 20.4 Å². The summed E-state index contributed by atoms with van der Waals surface area (Å²) in [6.45, 7) is 36.6. The van der Waals surface area contributed by atoms with Crippen LogP contribution in [0.25, 0.3) is 67.6 Å². The highest BCUT2D eigenvalue weighted by Gasteiger charge is 2.34. The molecule has 0 spiro atoms. The summed E-state index contributed by atoms with van der Waals surface area (Å²) >= 11 is 0. The molecular weight excluding hydrogens is 1580 g/mol. The lowest BCUT2D eigenvalue weighted by molar-refractivity contribution is -0.119. The Morgan fingerprint density at radius 2 is 0.621 bits per heavy atom. The fourth-order valence-corrected chi connectivity index (χ4v) is 16.1. The molecule has 8 aromatic heterocycles. The molecule has 4 aliphatic heterocycles. The SMILES string of the molecule is COc1ccc(-c2c(C)nc3c(N4CC=CC4)cc(C)nn23)cc1OC.COc1ccc(-c2c(C)nc3c(N4CCC(NC(C)=O)CC4)cc(C)nn23)cc1OC.COc1ccc(-c2c(C)nc3c(N4CCN(C(=O)OC(C)(C)C)C4)cc(C)nn23)cc1OC.COc1ccc(-c2c(C)nc3c(N4CCN(C(=O)OC(C)(C)C)CC4)cc(C)nn23)cc1OC. The number of piperidine rings is 1. The second kappa shape index (κ2) is 37.2. The maximum absolute atomic E-state index is 12.5. The number of hydrogen-bond acceptors (Lipinski definition) is 25. The number of ether oxygens (including phenoxy) is 10. The molecule has 1 N–H and O–H groups in total. The molecular formula is C92H115N19O13. The number of amides is 3. The lowest BCUT2D eigenvalue weighted by Crippen LogP contribution is -2.50. The molecule has 0 radical (unpaired) electrons. The third-order valence-electron chi connectivity index (χ3n) is 21.7. The Morgan fingerprint density at radius 1 is 0.347 bits per heavy atom. The molecule has 32 heteroatoms. The molecule has 124 heavy (non-hydrogen) atoms. The van der Waals surface area contributed by atoms with Gasteiger partial charge in [-0.3, -0.25) is 9.69 Å². The van der Waals surface area contributed by atoms with E-state index in [0.717, 1.165) is 175 Å². The van der Waals surface area contributed by atoms with Crippen molar-refractivity contribution in [2.75, 3.05) is 149 Å². The van der Waals surface area contributed by atoms with Gasteiger partial charge in [0.05, 0.1) is 155 Å². The van der Waals surface area contributed by atoms with Gasteiger partial charge in [0.25, 0.3) is 0 Å².